The summed E-state index contributed by atoms with van der Waals surface area (Å²) in [5.74, 6) is 0.185. The second-order valence-electron chi connectivity index (χ2n) is 7.43. The van der Waals surface area contributed by atoms with Crippen LogP contribution in [0.1, 0.15) is 72.6 Å². The van der Waals surface area contributed by atoms with Crippen molar-refractivity contribution < 1.29 is 9.59 Å². The second-order valence-corrected chi connectivity index (χ2v) is 7.43. The monoisotopic (exact) mass is 294 g/mol. The zero-order valence-corrected chi connectivity index (χ0v) is 13.9. The predicted octanol–water partition coefficient (Wildman–Crippen LogP) is 2.86. The van der Waals surface area contributed by atoms with E-state index in [2.05, 4.69) is 26.1 Å². The number of amides is 2. The van der Waals surface area contributed by atoms with Crippen LogP contribution in [0.4, 0.5) is 0 Å². The molecule has 2 amide bonds. The van der Waals surface area contributed by atoms with Crippen molar-refractivity contribution in [1.29, 1.82) is 0 Å². The molecule has 0 aromatic rings. The second kappa shape index (κ2) is 6.37. The number of nitrogens with one attached hydrogen (secondary N) is 1. The average Bonchev–Trinajstić information content (AvgIpc) is 2.41. The lowest BCUT2D eigenvalue weighted by Crippen LogP contribution is -2.66. The molecule has 1 aliphatic carbocycles. The largest absolute Gasteiger partial charge is 0.343 e. The third kappa shape index (κ3) is 3.41. The van der Waals surface area contributed by atoms with E-state index in [1.807, 2.05) is 11.8 Å². The van der Waals surface area contributed by atoms with E-state index in [9.17, 15) is 9.59 Å². The van der Waals surface area contributed by atoms with Gasteiger partial charge in [0.25, 0.3) is 0 Å². The van der Waals surface area contributed by atoms with E-state index >= 15 is 0 Å². The van der Waals surface area contributed by atoms with Gasteiger partial charge in [0, 0.05) is 6.04 Å². The summed E-state index contributed by atoms with van der Waals surface area (Å²) >= 11 is 0. The molecule has 3 unspecified atom stereocenters. The van der Waals surface area contributed by atoms with E-state index < -0.39 is 0 Å². The molecule has 0 radical (unpaired) electrons. The molecule has 3 atom stereocenters. The number of carbonyl (C=O) groups excluding carboxylic acids is 2. The van der Waals surface area contributed by atoms with Crippen LogP contribution >= 0.6 is 0 Å². The standard InChI is InChI=1S/C17H30N2O2/c1-5-8-13-16(21)19(14(6-2)15(20)18-13)12-9-7-10-17(3,4)11-12/h12-14H,5-11H2,1-4H3,(H,18,20). The first-order valence-electron chi connectivity index (χ1n) is 8.52. The highest BCUT2D eigenvalue weighted by atomic mass is 16.2. The molecular weight excluding hydrogens is 264 g/mol. The van der Waals surface area contributed by atoms with Crippen LogP contribution in [0.2, 0.25) is 0 Å². The minimum Gasteiger partial charge on any atom is -0.343 e. The van der Waals surface area contributed by atoms with Gasteiger partial charge in [-0.3, -0.25) is 9.59 Å². The first-order valence-corrected chi connectivity index (χ1v) is 8.52. The Kier molecular flexibility index (Phi) is 4.95. The molecular formula is C17H30N2O2. The van der Waals surface area contributed by atoms with E-state index in [1.165, 1.54) is 6.42 Å². The molecule has 0 spiro atoms. The molecule has 0 aromatic heterocycles. The number of nitrogens with zero attached hydrogens (tertiary/aromatic N) is 1. The molecule has 2 aliphatic rings. The van der Waals surface area contributed by atoms with Crippen LogP contribution in [0.25, 0.3) is 0 Å². The van der Waals surface area contributed by atoms with E-state index in [0.717, 1.165) is 32.1 Å². The molecule has 2 fully saturated rings. The van der Waals surface area contributed by atoms with Crippen LogP contribution in [0.3, 0.4) is 0 Å². The number of carbonyl (C=O) groups is 2. The highest BCUT2D eigenvalue weighted by Gasteiger charge is 2.44. The third-order valence-corrected chi connectivity index (χ3v) is 5.04. The Hall–Kier alpha value is -1.06. The van der Waals surface area contributed by atoms with Crippen molar-refractivity contribution in [3.63, 3.8) is 0 Å². The van der Waals surface area contributed by atoms with Crippen molar-refractivity contribution in [1.82, 2.24) is 10.2 Å². The summed E-state index contributed by atoms with van der Waals surface area (Å²) in [7, 11) is 0. The average molecular weight is 294 g/mol. The van der Waals surface area contributed by atoms with Crippen molar-refractivity contribution in [2.24, 2.45) is 5.41 Å². The maximum Gasteiger partial charge on any atom is 0.246 e. The van der Waals surface area contributed by atoms with E-state index in [1.54, 1.807) is 0 Å². The molecule has 21 heavy (non-hydrogen) atoms. The van der Waals surface area contributed by atoms with Gasteiger partial charge in [0.15, 0.2) is 0 Å². The van der Waals surface area contributed by atoms with Crippen LogP contribution in [-0.4, -0.2) is 34.8 Å². The lowest BCUT2D eigenvalue weighted by molar-refractivity contribution is -0.154. The van der Waals surface area contributed by atoms with Gasteiger partial charge in [0.05, 0.1) is 0 Å². The summed E-state index contributed by atoms with van der Waals surface area (Å²) in [6.07, 6.45) is 6.78. The Labute approximate surface area is 128 Å². The smallest absolute Gasteiger partial charge is 0.246 e. The van der Waals surface area contributed by atoms with Crippen molar-refractivity contribution in [2.45, 2.75) is 90.8 Å². The molecule has 4 nitrogen and oxygen atoms in total. The van der Waals surface area contributed by atoms with E-state index in [0.29, 0.717) is 6.42 Å². The van der Waals surface area contributed by atoms with Crippen LogP contribution in [-0.2, 0) is 9.59 Å². The number of hydrogen-bond donors (Lipinski definition) is 1. The molecule has 1 aliphatic heterocycles. The van der Waals surface area contributed by atoms with Gasteiger partial charge in [-0.25, -0.2) is 0 Å². The highest BCUT2D eigenvalue weighted by molar-refractivity contribution is 5.97. The first-order chi connectivity index (χ1) is 9.89. The summed E-state index contributed by atoms with van der Waals surface area (Å²) in [6.45, 7) is 8.61. The normalized spacial score (nSPS) is 33.0. The maximum atomic E-state index is 12.9. The quantitative estimate of drug-likeness (QED) is 0.866. The van der Waals surface area contributed by atoms with Crippen molar-refractivity contribution in [3.8, 4) is 0 Å². The molecule has 0 aromatic carbocycles. The van der Waals surface area contributed by atoms with Gasteiger partial charge in [-0.15, -0.1) is 0 Å². The van der Waals surface area contributed by atoms with Crippen molar-refractivity contribution in [3.05, 3.63) is 0 Å². The molecule has 2 rings (SSSR count). The fourth-order valence-corrected chi connectivity index (χ4v) is 3.99. The molecule has 1 heterocycles. The topological polar surface area (TPSA) is 49.4 Å². The number of piperazine rings is 1. The number of rotatable bonds is 4. The highest BCUT2D eigenvalue weighted by Crippen LogP contribution is 2.39. The Morgan fingerprint density at radius 1 is 1.29 bits per heavy atom. The van der Waals surface area contributed by atoms with Gasteiger partial charge < -0.3 is 10.2 Å². The predicted molar refractivity (Wildman–Crippen MR) is 83.8 cm³/mol. The molecule has 1 N–H and O–H groups in total. The molecule has 1 saturated heterocycles. The Morgan fingerprint density at radius 2 is 2.00 bits per heavy atom. The van der Waals surface area contributed by atoms with Crippen LogP contribution < -0.4 is 5.32 Å². The lowest BCUT2D eigenvalue weighted by Gasteiger charge is -2.47. The maximum absolute atomic E-state index is 12.9. The zero-order valence-electron chi connectivity index (χ0n) is 13.9. The van der Waals surface area contributed by atoms with Crippen molar-refractivity contribution in [2.75, 3.05) is 0 Å². The van der Waals surface area contributed by atoms with Crippen LogP contribution in [0, 0.1) is 5.41 Å². The van der Waals surface area contributed by atoms with Gasteiger partial charge in [-0.2, -0.15) is 0 Å². The minimum absolute atomic E-state index is 0.0407. The zero-order chi connectivity index (χ0) is 15.6. The summed E-state index contributed by atoms with van der Waals surface area (Å²) in [4.78, 5) is 27.2. The fourth-order valence-electron chi connectivity index (χ4n) is 3.99. The molecule has 1 saturated carbocycles. The fraction of sp³-hybridized carbons (Fsp3) is 0.882. The van der Waals surface area contributed by atoms with Gasteiger partial charge in [0.2, 0.25) is 11.8 Å². The summed E-state index contributed by atoms with van der Waals surface area (Å²) in [5.41, 5.74) is 0.273. The first kappa shape index (κ1) is 16.3. The number of hydrogen-bond acceptors (Lipinski definition) is 2. The van der Waals surface area contributed by atoms with Gasteiger partial charge in [-0.1, -0.05) is 40.5 Å². The molecule has 0 bridgehead atoms. The van der Waals surface area contributed by atoms with Crippen LogP contribution in [0.15, 0.2) is 0 Å². The summed E-state index contributed by atoms with van der Waals surface area (Å²) < 4.78 is 0. The third-order valence-electron chi connectivity index (χ3n) is 5.04. The van der Waals surface area contributed by atoms with Gasteiger partial charge >= 0.3 is 0 Å². The molecule has 120 valence electrons. The summed E-state index contributed by atoms with van der Waals surface area (Å²) in [5, 5.41) is 2.93. The van der Waals surface area contributed by atoms with Crippen molar-refractivity contribution >= 4 is 11.8 Å². The minimum atomic E-state index is -0.310. The van der Waals surface area contributed by atoms with Crippen LogP contribution in [0.5, 0.6) is 0 Å². The summed E-state index contributed by atoms with van der Waals surface area (Å²) in [6, 6.07) is -0.351. The lowest BCUT2D eigenvalue weighted by atomic mass is 9.74. The van der Waals surface area contributed by atoms with E-state index in [4.69, 9.17) is 0 Å². The van der Waals surface area contributed by atoms with E-state index in [-0.39, 0.29) is 35.4 Å². The SMILES string of the molecule is CCCC1NC(=O)C(CC)N(C2CCCC(C)(C)C2)C1=O. The Balaban J connectivity index is 2.22. The molecule has 4 heteroatoms. The Bertz CT molecular complexity index is 406. The van der Waals surface area contributed by atoms with Gasteiger partial charge in [0.1, 0.15) is 12.1 Å². The Morgan fingerprint density at radius 3 is 2.57 bits per heavy atom. The van der Waals surface area contributed by atoms with Gasteiger partial charge in [-0.05, 0) is 37.5 Å².